The number of carboxylic acids is 1. The Kier molecular flexibility index (Phi) is 11.2. The number of nitrogens with one attached hydrogen (secondary N) is 2. The van der Waals surface area contributed by atoms with Gasteiger partial charge in [0.25, 0.3) is 5.91 Å². The molecule has 13 heteroatoms. The number of hydrogen-bond donors (Lipinski definition) is 3. The summed E-state index contributed by atoms with van der Waals surface area (Å²) in [6.07, 6.45) is -1.04. The summed E-state index contributed by atoms with van der Waals surface area (Å²) in [5.41, 5.74) is 2.49. The van der Waals surface area contributed by atoms with Crippen LogP contribution in [-0.2, 0) is 34.2 Å². The van der Waals surface area contributed by atoms with E-state index in [1.54, 1.807) is 24.3 Å². The summed E-state index contributed by atoms with van der Waals surface area (Å²) in [6.45, 7) is 6.92. The fraction of sp³-hybridized carbons (Fsp3) is 0.393. The number of benzene rings is 2. The van der Waals surface area contributed by atoms with E-state index in [9.17, 15) is 37.1 Å². The maximum atomic E-state index is 14.2. The Labute approximate surface area is 234 Å². The normalized spacial score (nSPS) is 12.7. The SMILES string of the molecule is Cc1cc(F)c(F)c(OCC(=O)C(CCC(=O)O)NOC(=O)C(C)C(=O)C(=O)Nc2ccccc2C(C)(C)C)c1F. The first-order valence-corrected chi connectivity index (χ1v) is 12.5. The Morgan fingerprint density at radius 3 is 2.27 bits per heavy atom. The molecule has 0 saturated heterocycles. The van der Waals surface area contributed by atoms with E-state index in [0.717, 1.165) is 19.4 Å². The fourth-order valence-electron chi connectivity index (χ4n) is 3.58. The van der Waals surface area contributed by atoms with Gasteiger partial charge in [-0.1, -0.05) is 39.0 Å². The molecule has 0 spiro atoms. The van der Waals surface area contributed by atoms with Gasteiger partial charge < -0.3 is 20.0 Å². The van der Waals surface area contributed by atoms with E-state index in [0.29, 0.717) is 11.8 Å². The highest BCUT2D eigenvalue weighted by Gasteiger charge is 2.32. The van der Waals surface area contributed by atoms with Crippen molar-refractivity contribution in [3.05, 3.63) is 58.9 Å². The van der Waals surface area contributed by atoms with Gasteiger partial charge in [-0.3, -0.25) is 19.2 Å². The fourth-order valence-corrected chi connectivity index (χ4v) is 3.58. The largest absolute Gasteiger partial charge is 0.481 e. The molecular formula is C28H31F3N2O8. The predicted molar refractivity (Wildman–Crippen MR) is 139 cm³/mol. The zero-order valence-corrected chi connectivity index (χ0v) is 23.1. The van der Waals surface area contributed by atoms with Gasteiger partial charge in [0.1, 0.15) is 18.6 Å². The number of anilines is 1. The lowest BCUT2D eigenvalue weighted by molar-refractivity contribution is -0.162. The Balaban J connectivity index is 2.07. The van der Waals surface area contributed by atoms with E-state index in [1.807, 2.05) is 26.3 Å². The van der Waals surface area contributed by atoms with Gasteiger partial charge in [0.2, 0.25) is 11.6 Å². The highest BCUT2D eigenvalue weighted by atomic mass is 19.2. The van der Waals surface area contributed by atoms with Crippen molar-refractivity contribution < 1.29 is 51.8 Å². The molecule has 0 aromatic heterocycles. The van der Waals surface area contributed by atoms with Gasteiger partial charge in [-0.2, -0.15) is 4.39 Å². The number of amides is 1. The van der Waals surface area contributed by atoms with Gasteiger partial charge in [-0.25, -0.2) is 13.6 Å². The number of para-hydroxylation sites is 1. The van der Waals surface area contributed by atoms with Crippen LogP contribution in [0.1, 0.15) is 51.7 Å². The lowest BCUT2D eigenvalue weighted by atomic mass is 9.86. The maximum absolute atomic E-state index is 14.2. The summed E-state index contributed by atoms with van der Waals surface area (Å²) in [5, 5.41) is 11.4. The number of aryl methyl sites for hydroxylation is 1. The molecule has 0 saturated carbocycles. The molecule has 2 rings (SSSR count). The van der Waals surface area contributed by atoms with Crippen LogP contribution >= 0.6 is 0 Å². The number of halogens is 3. The molecule has 2 unspecified atom stereocenters. The van der Waals surface area contributed by atoms with Gasteiger partial charge >= 0.3 is 11.9 Å². The number of carboxylic acid groups (broad SMARTS) is 1. The Morgan fingerprint density at radius 1 is 1.02 bits per heavy atom. The first-order chi connectivity index (χ1) is 19.0. The van der Waals surface area contributed by atoms with Crippen molar-refractivity contribution in [2.45, 2.75) is 58.9 Å². The van der Waals surface area contributed by atoms with Crippen LogP contribution in [0.25, 0.3) is 0 Å². The van der Waals surface area contributed by atoms with E-state index in [2.05, 4.69) is 5.32 Å². The van der Waals surface area contributed by atoms with E-state index in [1.165, 1.54) is 0 Å². The lowest BCUT2D eigenvalue weighted by Gasteiger charge is -2.23. The molecule has 1 amide bonds. The summed E-state index contributed by atoms with van der Waals surface area (Å²) in [5.74, 6) is -12.9. The molecule has 3 N–H and O–H groups in total. The summed E-state index contributed by atoms with van der Waals surface area (Å²) in [6, 6.07) is 5.85. The highest BCUT2D eigenvalue weighted by Crippen LogP contribution is 2.29. The van der Waals surface area contributed by atoms with Crippen molar-refractivity contribution in [3.8, 4) is 5.75 Å². The quantitative estimate of drug-likeness (QED) is 0.139. The number of hydroxylamine groups is 1. The Morgan fingerprint density at radius 2 is 1.66 bits per heavy atom. The molecule has 10 nitrogen and oxygen atoms in total. The van der Waals surface area contributed by atoms with Crippen molar-refractivity contribution in [1.82, 2.24) is 5.48 Å². The molecule has 41 heavy (non-hydrogen) atoms. The zero-order valence-electron chi connectivity index (χ0n) is 23.1. The number of ketones is 2. The molecule has 0 aliphatic rings. The topological polar surface area (TPSA) is 148 Å². The van der Waals surface area contributed by atoms with Crippen molar-refractivity contribution in [2.24, 2.45) is 5.92 Å². The van der Waals surface area contributed by atoms with Gasteiger partial charge in [0.15, 0.2) is 23.2 Å². The minimum atomic E-state index is -1.67. The maximum Gasteiger partial charge on any atom is 0.335 e. The van der Waals surface area contributed by atoms with E-state index < -0.39 is 84.0 Å². The zero-order chi connectivity index (χ0) is 31.1. The van der Waals surface area contributed by atoms with E-state index in [4.69, 9.17) is 14.7 Å². The molecule has 2 aromatic carbocycles. The summed E-state index contributed by atoms with van der Waals surface area (Å²) >= 11 is 0. The lowest BCUT2D eigenvalue weighted by Crippen LogP contribution is -2.43. The second-order valence-corrected chi connectivity index (χ2v) is 10.2. The highest BCUT2D eigenvalue weighted by molar-refractivity contribution is 6.44. The number of hydrogen-bond acceptors (Lipinski definition) is 8. The van der Waals surface area contributed by atoms with Crippen LogP contribution in [0.15, 0.2) is 30.3 Å². The van der Waals surface area contributed by atoms with Crippen LogP contribution in [0.2, 0.25) is 0 Å². The second kappa shape index (κ2) is 13.9. The average Bonchev–Trinajstić information content (AvgIpc) is 2.90. The van der Waals surface area contributed by atoms with Gasteiger partial charge in [0.05, 0.1) is 0 Å². The number of carbonyl (C=O) groups excluding carboxylic acids is 4. The Bertz CT molecular complexity index is 1310. The van der Waals surface area contributed by atoms with Crippen molar-refractivity contribution in [1.29, 1.82) is 0 Å². The Hall–Kier alpha value is -4.26. The van der Waals surface area contributed by atoms with Gasteiger partial charge in [-0.05, 0) is 48.9 Å². The van der Waals surface area contributed by atoms with E-state index >= 15 is 0 Å². The molecular weight excluding hydrogens is 549 g/mol. The van der Waals surface area contributed by atoms with Crippen molar-refractivity contribution in [2.75, 3.05) is 11.9 Å². The molecule has 0 bridgehead atoms. The summed E-state index contributed by atoms with van der Waals surface area (Å²) in [7, 11) is 0. The summed E-state index contributed by atoms with van der Waals surface area (Å²) in [4.78, 5) is 66.1. The van der Waals surface area contributed by atoms with Gasteiger partial charge in [-0.15, -0.1) is 5.48 Å². The standard InChI is InChI=1S/C28H31F3N2O8/c1-14-12-17(29)23(31)25(22(14)30)40-13-20(34)19(10-11-21(35)36)33-41-27(39)15(2)24(37)26(38)32-18-9-7-6-8-16(18)28(3,4)5/h6-9,12,15,19,33H,10-11,13H2,1-5H3,(H,32,38)(H,35,36). The second-order valence-electron chi connectivity index (χ2n) is 10.2. The van der Waals surface area contributed by atoms with Crippen LogP contribution in [0.4, 0.5) is 18.9 Å². The average molecular weight is 581 g/mol. The molecule has 0 heterocycles. The minimum absolute atomic E-state index is 0.287. The number of carbonyl (C=O) groups is 5. The molecule has 0 aliphatic carbocycles. The van der Waals surface area contributed by atoms with Crippen LogP contribution in [0.5, 0.6) is 5.75 Å². The monoisotopic (exact) mass is 580 g/mol. The third-order valence-electron chi connectivity index (χ3n) is 5.95. The van der Waals surface area contributed by atoms with Crippen LogP contribution < -0.4 is 15.5 Å². The van der Waals surface area contributed by atoms with Crippen molar-refractivity contribution >= 4 is 35.1 Å². The van der Waals surface area contributed by atoms with E-state index in [-0.39, 0.29) is 11.0 Å². The minimum Gasteiger partial charge on any atom is -0.481 e. The molecule has 0 fully saturated rings. The summed E-state index contributed by atoms with van der Waals surface area (Å²) < 4.78 is 46.6. The molecule has 2 atom stereocenters. The third-order valence-corrected chi connectivity index (χ3v) is 5.95. The molecule has 222 valence electrons. The number of ether oxygens (including phenoxy) is 1. The number of Topliss-reactive ketones (excluding diaryl/α,β-unsaturated/α-hetero) is 2. The van der Waals surface area contributed by atoms with Gasteiger partial charge in [0, 0.05) is 12.1 Å². The first-order valence-electron chi connectivity index (χ1n) is 12.5. The number of rotatable bonds is 13. The van der Waals surface area contributed by atoms with Crippen LogP contribution in [-0.4, -0.2) is 47.2 Å². The molecule has 2 aromatic rings. The molecule has 0 radical (unpaired) electrons. The molecule has 0 aliphatic heterocycles. The van der Waals surface area contributed by atoms with Crippen LogP contribution in [0, 0.1) is 30.3 Å². The first kappa shape index (κ1) is 32.9. The van der Waals surface area contributed by atoms with Crippen LogP contribution in [0.3, 0.4) is 0 Å². The number of aliphatic carboxylic acids is 1. The third kappa shape index (κ3) is 8.87. The smallest absolute Gasteiger partial charge is 0.335 e. The predicted octanol–water partition coefficient (Wildman–Crippen LogP) is 3.78. The van der Waals surface area contributed by atoms with Crippen molar-refractivity contribution in [3.63, 3.8) is 0 Å².